The van der Waals surface area contributed by atoms with Gasteiger partial charge in [0.1, 0.15) is 5.82 Å². The van der Waals surface area contributed by atoms with E-state index >= 15 is 0 Å². The van der Waals surface area contributed by atoms with Gasteiger partial charge in [0.05, 0.1) is 22.8 Å². The van der Waals surface area contributed by atoms with Crippen LogP contribution in [0.5, 0.6) is 0 Å². The summed E-state index contributed by atoms with van der Waals surface area (Å²) < 4.78 is 0. The van der Waals surface area contributed by atoms with Gasteiger partial charge in [-0.2, -0.15) is 0 Å². The molecule has 0 aliphatic carbocycles. The second-order valence-electron chi connectivity index (χ2n) is 6.67. The number of benzene rings is 1. The average molecular weight is 383 g/mol. The van der Waals surface area contributed by atoms with Gasteiger partial charge in [-0.3, -0.25) is 4.99 Å². The minimum atomic E-state index is 0.678. The van der Waals surface area contributed by atoms with Crippen LogP contribution in [0.15, 0.2) is 40.7 Å². The van der Waals surface area contributed by atoms with Crippen LogP contribution in [-0.4, -0.2) is 49.0 Å². The lowest BCUT2D eigenvalue weighted by molar-refractivity contribution is 0.471. The minimum Gasteiger partial charge on any atom is -0.363 e. The van der Waals surface area contributed by atoms with Crippen LogP contribution in [0, 0.1) is 6.92 Å². The molecule has 6 nitrogen and oxygen atoms in total. The van der Waals surface area contributed by atoms with Gasteiger partial charge in [0.2, 0.25) is 0 Å². The number of pyridine rings is 1. The van der Waals surface area contributed by atoms with Crippen LogP contribution in [0.1, 0.15) is 16.3 Å². The van der Waals surface area contributed by atoms with Gasteiger partial charge in [0.15, 0.2) is 5.96 Å². The Morgan fingerprint density at radius 2 is 1.96 bits per heavy atom. The van der Waals surface area contributed by atoms with Crippen LogP contribution in [0.25, 0.3) is 10.9 Å². The number of thiazole rings is 1. The molecule has 1 N–H and O–H groups in total. The first-order valence-electron chi connectivity index (χ1n) is 8.86. The predicted molar refractivity (Wildman–Crippen MR) is 115 cm³/mol. The maximum Gasteiger partial charge on any atom is 0.194 e. The second kappa shape index (κ2) is 8.35. The summed E-state index contributed by atoms with van der Waals surface area (Å²) >= 11 is 1.67. The number of hydrogen-bond acceptors (Lipinski definition) is 5. The molecule has 7 heteroatoms. The molecular weight excluding hydrogens is 356 g/mol. The highest BCUT2D eigenvalue weighted by Crippen LogP contribution is 2.22. The molecule has 0 saturated heterocycles. The van der Waals surface area contributed by atoms with Gasteiger partial charge in [0.25, 0.3) is 0 Å². The number of nitrogens with zero attached hydrogens (tertiary/aromatic N) is 5. The number of guanidine groups is 1. The number of aryl methyl sites for hydroxylation is 1. The molecule has 0 amide bonds. The molecule has 2 aromatic heterocycles. The quantitative estimate of drug-likeness (QED) is 0.542. The molecule has 0 aliphatic heterocycles. The van der Waals surface area contributed by atoms with Gasteiger partial charge in [0, 0.05) is 45.5 Å². The van der Waals surface area contributed by atoms with Crippen molar-refractivity contribution in [2.45, 2.75) is 20.0 Å². The SMILES string of the molecule is CN=C(NCc1cc(N(C)C)nc2ccccc12)N(C)Cc1csc(C)n1. The van der Waals surface area contributed by atoms with Crippen molar-refractivity contribution >= 4 is 34.0 Å². The van der Waals surface area contributed by atoms with Crippen molar-refractivity contribution in [1.82, 2.24) is 20.2 Å². The Hall–Kier alpha value is -2.67. The molecule has 142 valence electrons. The van der Waals surface area contributed by atoms with E-state index in [0.717, 1.165) is 39.9 Å². The largest absolute Gasteiger partial charge is 0.363 e. The van der Waals surface area contributed by atoms with Crippen molar-refractivity contribution in [3.8, 4) is 0 Å². The summed E-state index contributed by atoms with van der Waals surface area (Å²) in [7, 11) is 7.86. The number of aliphatic imine (C=N–C) groups is 1. The zero-order valence-electron chi connectivity index (χ0n) is 16.5. The molecule has 0 saturated carbocycles. The van der Waals surface area contributed by atoms with Crippen molar-refractivity contribution in [2.24, 2.45) is 4.99 Å². The molecule has 0 unspecified atom stereocenters. The molecule has 0 aliphatic rings. The second-order valence-corrected chi connectivity index (χ2v) is 7.73. The molecule has 1 aromatic carbocycles. The highest BCUT2D eigenvalue weighted by Gasteiger charge is 2.11. The molecular formula is C20H26N6S. The molecule has 0 atom stereocenters. The third-order valence-corrected chi connectivity index (χ3v) is 5.14. The first-order chi connectivity index (χ1) is 13.0. The Morgan fingerprint density at radius 1 is 1.19 bits per heavy atom. The fraction of sp³-hybridized carbons (Fsp3) is 0.350. The van der Waals surface area contributed by atoms with Crippen LogP contribution in [-0.2, 0) is 13.1 Å². The van der Waals surface area contributed by atoms with E-state index in [1.165, 1.54) is 5.56 Å². The van der Waals surface area contributed by atoms with E-state index in [0.29, 0.717) is 6.54 Å². The van der Waals surface area contributed by atoms with Crippen LogP contribution in [0.4, 0.5) is 5.82 Å². The number of aromatic nitrogens is 2. The topological polar surface area (TPSA) is 56.7 Å². The molecule has 0 spiro atoms. The van der Waals surface area contributed by atoms with Crippen LogP contribution in [0.3, 0.4) is 0 Å². The highest BCUT2D eigenvalue weighted by atomic mass is 32.1. The summed E-state index contributed by atoms with van der Waals surface area (Å²) in [5, 5.41) is 7.81. The van der Waals surface area contributed by atoms with E-state index in [1.807, 2.05) is 45.1 Å². The number of rotatable bonds is 5. The van der Waals surface area contributed by atoms with Gasteiger partial charge in [-0.05, 0) is 24.6 Å². The molecule has 3 rings (SSSR count). The van der Waals surface area contributed by atoms with E-state index in [4.69, 9.17) is 4.98 Å². The lowest BCUT2D eigenvalue weighted by Gasteiger charge is -2.22. The van der Waals surface area contributed by atoms with E-state index in [2.05, 4.69) is 43.8 Å². The maximum absolute atomic E-state index is 4.73. The van der Waals surface area contributed by atoms with Gasteiger partial charge in [-0.25, -0.2) is 9.97 Å². The Labute approximate surface area is 164 Å². The van der Waals surface area contributed by atoms with Crippen molar-refractivity contribution < 1.29 is 0 Å². The first kappa shape index (κ1) is 19.1. The fourth-order valence-corrected chi connectivity index (χ4v) is 3.57. The number of anilines is 1. The van der Waals surface area contributed by atoms with Gasteiger partial charge < -0.3 is 15.1 Å². The van der Waals surface area contributed by atoms with E-state index in [9.17, 15) is 0 Å². The fourth-order valence-electron chi connectivity index (χ4n) is 2.97. The number of nitrogens with one attached hydrogen (secondary N) is 1. The standard InChI is InChI=1S/C20H26N6S/c1-14-23-16(13-27-14)12-26(5)20(21-2)22-11-15-10-19(25(3)4)24-18-9-7-6-8-17(15)18/h6-10,13H,11-12H2,1-5H3,(H,21,22). The first-order valence-corrected chi connectivity index (χ1v) is 9.74. The number of fused-ring (bicyclic) bond motifs is 1. The molecule has 3 aromatic rings. The maximum atomic E-state index is 4.73. The van der Waals surface area contributed by atoms with Gasteiger partial charge in [-0.15, -0.1) is 11.3 Å². The summed E-state index contributed by atoms with van der Waals surface area (Å²) in [6.45, 7) is 3.43. The zero-order chi connectivity index (χ0) is 19.4. The third kappa shape index (κ3) is 4.54. The van der Waals surface area contributed by atoms with E-state index in [1.54, 1.807) is 18.4 Å². The Morgan fingerprint density at radius 3 is 2.63 bits per heavy atom. The minimum absolute atomic E-state index is 0.678. The smallest absolute Gasteiger partial charge is 0.194 e. The van der Waals surface area contributed by atoms with Crippen LogP contribution >= 0.6 is 11.3 Å². The Bertz CT molecular complexity index is 947. The Balaban J connectivity index is 1.78. The van der Waals surface area contributed by atoms with Gasteiger partial charge in [-0.1, -0.05) is 18.2 Å². The average Bonchev–Trinajstić information content (AvgIpc) is 3.06. The monoisotopic (exact) mass is 382 g/mol. The summed E-state index contributed by atoms with van der Waals surface area (Å²) in [6.07, 6.45) is 0. The molecule has 0 radical (unpaired) electrons. The van der Waals surface area contributed by atoms with E-state index < -0.39 is 0 Å². The van der Waals surface area contributed by atoms with Crippen molar-refractivity contribution in [1.29, 1.82) is 0 Å². The predicted octanol–water partition coefficient (Wildman–Crippen LogP) is 3.27. The summed E-state index contributed by atoms with van der Waals surface area (Å²) in [5.74, 6) is 1.79. The number of hydrogen-bond donors (Lipinski definition) is 1. The van der Waals surface area contributed by atoms with Crippen molar-refractivity contribution in [2.75, 3.05) is 33.1 Å². The highest BCUT2D eigenvalue weighted by molar-refractivity contribution is 7.09. The summed E-state index contributed by atoms with van der Waals surface area (Å²) in [4.78, 5) is 17.8. The number of para-hydroxylation sites is 1. The van der Waals surface area contributed by atoms with E-state index in [-0.39, 0.29) is 0 Å². The summed E-state index contributed by atoms with van der Waals surface area (Å²) in [5.41, 5.74) is 3.26. The van der Waals surface area contributed by atoms with Crippen LogP contribution < -0.4 is 10.2 Å². The molecule has 27 heavy (non-hydrogen) atoms. The molecule has 0 bridgehead atoms. The van der Waals surface area contributed by atoms with Crippen molar-refractivity contribution in [3.05, 3.63) is 52.0 Å². The Kier molecular flexibility index (Phi) is 5.91. The molecule has 0 fully saturated rings. The van der Waals surface area contributed by atoms with Crippen LogP contribution in [0.2, 0.25) is 0 Å². The molecule has 2 heterocycles. The zero-order valence-corrected chi connectivity index (χ0v) is 17.3. The lowest BCUT2D eigenvalue weighted by atomic mass is 10.1. The third-order valence-electron chi connectivity index (χ3n) is 4.32. The normalized spacial score (nSPS) is 11.7. The van der Waals surface area contributed by atoms with Gasteiger partial charge >= 0.3 is 0 Å². The summed E-state index contributed by atoms with van der Waals surface area (Å²) in [6, 6.07) is 10.4. The van der Waals surface area contributed by atoms with Crippen molar-refractivity contribution in [3.63, 3.8) is 0 Å². The lowest BCUT2D eigenvalue weighted by Crippen LogP contribution is -2.38.